The summed E-state index contributed by atoms with van der Waals surface area (Å²) in [5.41, 5.74) is 12.5. The van der Waals surface area contributed by atoms with Crippen LogP contribution in [-0.4, -0.2) is 16.3 Å². The second-order valence-electron chi connectivity index (χ2n) is 7.97. The van der Waals surface area contributed by atoms with Crippen LogP contribution in [0.25, 0.3) is 17.2 Å². The Labute approximate surface area is 207 Å². The van der Waals surface area contributed by atoms with Gasteiger partial charge in [0.05, 0.1) is 35.8 Å². The first kappa shape index (κ1) is 23.7. The van der Waals surface area contributed by atoms with Gasteiger partial charge in [0.2, 0.25) is 5.95 Å². The van der Waals surface area contributed by atoms with Gasteiger partial charge >= 0.3 is 0 Å². The van der Waals surface area contributed by atoms with Crippen molar-refractivity contribution >= 4 is 41.2 Å². The number of aldehydes is 1. The number of aromatic nitrogens is 2. The van der Waals surface area contributed by atoms with Gasteiger partial charge in [-0.2, -0.15) is 15.5 Å². The van der Waals surface area contributed by atoms with Gasteiger partial charge in [0.1, 0.15) is 0 Å². The third-order valence-corrected chi connectivity index (χ3v) is 5.41. The van der Waals surface area contributed by atoms with Gasteiger partial charge in [-0.3, -0.25) is 4.79 Å². The molecule has 0 aliphatic carbocycles. The van der Waals surface area contributed by atoms with E-state index in [0.29, 0.717) is 46.1 Å². The van der Waals surface area contributed by atoms with Gasteiger partial charge in [-0.15, -0.1) is 0 Å². The maximum atomic E-state index is 11.0. The lowest BCUT2D eigenvalue weighted by Gasteiger charge is -2.15. The summed E-state index contributed by atoms with van der Waals surface area (Å²) in [5.74, 6) is 0.898. The number of nitrogen functional groups attached to an aromatic ring is 1. The van der Waals surface area contributed by atoms with Crippen LogP contribution < -0.4 is 16.4 Å². The Morgan fingerprint density at radius 2 is 1.86 bits per heavy atom. The molecule has 0 aliphatic rings. The van der Waals surface area contributed by atoms with Gasteiger partial charge in [0.25, 0.3) is 0 Å². The molecule has 4 aromatic rings. The molecule has 36 heavy (non-hydrogen) atoms. The average molecular weight is 476 g/mol. The fourth-order valence-corrected chi connectivity index (χ4v) is 3.74. The number of nitriles is 2. The van der Waals surface area contributed by atoms with Crippen molar-refractivity contribution in [1.82, 2.24) is 9.97 Å². The number of carbonyl (C=O) groups is 1. The first-order valence-electron chi connectivity index (χ1n) is 10.8. The van der Waals surface area contributed by atoms with Gasteiger partial charge < -0.3 is 20.8 Å². The summed E-state index contributed by atoms with van der Waals surface area (Å²) >= 11 is 0. The molecule has 0 saturated heterocycles. The highest BCUT2D eigenvalue weighted by Crippen LogP contribution is 2.31. The second kappa shape index (κ2) is 10.2. The number of nitrogens with two attached hydrogens (primary N) is 1. The van der Waals surface area contributed by atoms with Crippen molar-refractivity contribution in [1.29, 1.82) is 10.5 Å². The standard InChI is InChI=1S/C27H21N7O2/c1-16-8-18(4-3-7-28)9-17(2)25(16)33-26-24(30)13-31-27(34-26)32-21-6-5-19(12-29)23(11-21)20-10-22(14-35)36-15-20/h3-6,8-11,13-15H,30H2,1-2H3,(H2,31,32,33,34)/b4-3+. The predicted molar refractivity (Wildman–Crippen MR) is 138 cm³/mol. The van der Waals surface area contributed by atoms with Crippen molar-refractivity contribution in [2.45, 2.75) is 13.8 Å². The molecule has 0 saturated carbocycles. The van der Waals surface area contributed by atoms with Gasteiger partial charge in [-0.25, -0.2) is 4.98 Å². The molecule has 2 heterocycles. The minimum atomic E-state index is 0.171. The van der Waals surface area contributed by atoms with Crippen LogP contribution in [0.4, 0.5) is 28.8 Å². The Bertz CT molecular complexity index is 1550. The number of aryl methyl sites for hydroxylation is 2. The molecule has 176 valence electrons. The molecular weight excluding hydrogens is 454 g/mol. The molecule has 9 nitrogen and oxygen atoms in total. The molecule has 4 N–H and O–H groups in total. The van der Waals surface area contributed by atoms with E-state index in [-0.39, 0.29) is 5.76 Å². The van der Waals surface area contributed by atoms with E-state index in [1.807, 2.05) is 32.0 Å². The van der Waals surface area contributed by atoms with Crippen LogP contribution in [0, 0.1) is 36.5 Å². The molecule has 0 radical (unpaired) electrons. The van der Waals surface area contributed by atoms with Crippen molar-refractivity contribution in [3.63, 3.8) is 0 Å². The van der Waals surface area contributed by atoms with E-state index in [2.05, 4.69) is 26.7 Å². The lowest BCUT2D eigenvalue weighted by atomic mass is 10.0. The third-order valence-electron chi connectivity index (χ3n) is 5.41. The summed E-state index contributed by atoms with van der Waals surface area (Å²) in [5, 5.41) is 24.7. The Kier molecular flexibility index (Phi) is 6.76. The molecule has 0 amide bonds. The first-order chi connectivity index (χ1) is 17.4. The number of hydrogen-bond donors (Lipinski definition) is 3. The van der Waals surface area contributed by atoms with Crippen molar-refractivity contribution in [3.8, 4) is 23.3 Å². The van der Waals surface area contributed by atoms with Gasteiger partial charge in [-0.05, 0) is 73.0 Å². The summed E-state index contributed by atoms with van der Waals surface area (Å²) < 4.78 is 5.19. The number of rotatable bonds is 7. The number of benzene rings is 2. The average Bonchev–Trinajstić information content (AvgIpc) is 3.36. The quantitative estimate of drug-likeness (QED) is 0.227. The minimum absolute atomic E-state index is 0.171. The maximum absolute atomic E-state index is 11.0. The molecule has 0 aliphatic heterocycles. The Morgan fingerprint density at radius 1 is 1.08 bits per heavy atom. The number of nitrogens with one attached hydrogen (secondary N) is 2. The van der Waals surface area contributed by atoms with Crippen LogP contribution in [-0.2, 0) is 0 Å². The molecule has 0 unspecified atom stereocenters. The summed E-state index contributed by atoms with van der Waals surface area (Å²) in [6.45, 7) is 3.92. The van der Waals surface area contributed by atoms with E-state index in [9.17, 15) is 10.1 Å². The van der Waals surface area contributed by atoms with Crippen LogP contribution in [0.3, 0.4) is 0 Å². The summed E-state index contributed by atoms with van der Waals surface area (Å²) in [6, 6.07) is 14.8. The highest BCUT2D eigenvalue weighted by Gasteiger charge is 2.13. The largest absolute Gasteiger partial charge is 0.461 e. The highest BCUT2D eigenvalue weighted by atomic mass is 16.3. The Balaban J connectivity index is 1.62. The van der Waals surface area contributed by atoms with Crippen LogP contribution in [0.5, 0.6) is 0 Å². The van der Waals surface area contributed by atoms with Crippen LogP contribution in [0.15, 0.2) is 59.4 Å². The zero-order valence-corrected chi connectivity index (χ0v) is 19.5. The Hall–Kier alpha value is -5.41. The zero-order chi connectivity index (χ0) is 25.7. The topological polar surface area (TPSA) is 154 Å². The van der Waals surface area contributed by atoms with E-state index in [1.165, 1.54) is 18.5 Å². The molecule has 4 rings (SSSR count). The fraction of sp³-hybridized carbons (Fsp3) is 0.0741. The minimum Gasteiger partial charge on any atom is -0.461 e. The summed E-state index contributed by atoms with van der Waals surface area (Å²) in [6.07, 6.45) is 6.72. The highest BCUT2D eigenvalue weighted by molar-refractivity contribution is 5.80. The number of hydrogen-bond acceptors (Lipinski definition) is 9. The molecule has 9 heteroatoms. The molecule has 2 aromatic carbocycles. The number of furan rings is 1. The van der Waals surface area contributed by atoms with Crippen molar-refractivity contribution < 1.29 is 9.21 Å². The molecule has 2 aromatic heterocycles. The lowest BCUT2D eigenvalue weighted by Crippen LogP contribution is -2.06. The molecule has 0 atom stereocenters. The summed E-state index contributed by atoms with van der Waals surface area (Å²) in [7, 11) is 0. The number of allylic oxidation sites excluding steroid dienone is 1. The second-order valence-corrected chi connectivity index (χ2v) is 7.97. The van der Waals surface area contributed by atoms with Gasteiger partial charge in [-0.1, -0.05) is 0 Å². The predicted octanol–water partition coefficient (Wildman–Crippen LogP) is 5.64. The third kappa shape index (κ3) is 5.06. The molecule has 0 fully saturated rings. The van der Waals surface area contributed by atoms with Crippen molar-refractivity contribution in [2.75, 3.05) is 16.4 Å². The smallest absolute Gasteiger partial charge is 0.229 e. The number of carbonyl (C=O) groups excluding carboxylic acids is 1. The van der Waals surface area contributed by atoms with E-state index in [1.54, 1.807) is 30.3 Å². The van der Waals surface area contributed by atoms with E-state index in [4.69, 9.17) is 15.4 Å². The van der Waals surface area contributed by atoms with Gasteiger partial charge in [0.15, 0.2) is 17.9 Å². The van der Waals surface area contributed by atoms with Crippen LogP contribution in [0.2, 0.25) is 0 Å². The maximum Gasteiger partial charge on any atom is 0.229 e. The normalized spacial score (nSPS) is 10.6. The molecular formula is C27H21N7O2. The monoisotopic (exact) mass is 475 g/mol. The number of nitrogens with zero attached hydrogens (tertiary/aromatic N) is 4. The van der Waals surface area contributed by atoms with Crippen LogP contribution >= 0.6 is 0 Å². The van der Waals surface area contributed by atoms with E-state index >= 15 is 0 Å². The molecule has 0 spiro atoms. The molecule has 0 bridgehead atoms. The number of anilines is 5. The lowest BCUT2D eigenvalue weighted by molar-refractivity contribution is 0.110. The van der Waals surface area contributed by atoms with Gasteiger partial charge in [0, 0.05) is 28.6 Å². The zero-order valence-electron chi connectivity index (χ0n) is 19.5. The fourth-order valence-electron chi connectivity index (χ4n) is 3.74. The Morgan fingerprint density at radius 3 is 2.53 bits per heavy atom. The van der Waals surface area contributed by atoms with E-state index < -0.39 is 0 Å². The van der Waals surface area contributed by atoms with Crippen molar-refractivity contribution in [2.24, 2.45) is 0 Å². The SMILES string of the molecule is Cc1cc(/C=C/C#N)cc(C)c1Nc1nc(Nc2ccc(C#N)c(-c3coc(C=O)c3)c2)ncc1N. The van der Waals surface area contributed by atoms with Crippen molar-refractivity contribution in [3.05, 3.63) is 82.9 Å². The van der Waals surface area contributed by atoms with E-state index in [0.717, 1.165) is 22.4 Å². The summed E-state index contributed by atoms with van der Waals surface area (Å²) in [4.78, 5) is 19.8. The first-order valence-corrected chi connectivity index (χ1v) is 10.8. The van der Waals surface area contributed by atoms with Crippen LogP contribution in [0.1, 0.15) is 32.8 Å².